The van der Waals surface area contributed by atoms with Crippen LogP contribution in [0.5, 0.6) is 5.75 Å². The molecule has 0 fully saturated rings. The number of carbonyl (C=O) groups is 1. The molecular weight excluding hydrogens is 416 g/mol. The van der Waals surface area contributed by atoms with Crippen LogP contribution < -0.4 is 15.8 Å². The summed E-state index contributed by atoms with van der Waals surface area (Å²) in [6.45, 7) is 5.95. The molecule has 6 nitrogen and oxygen atoms in total. The molecule has 0 spiro atoms. The Morgan fingerprint density at radius 3 is 2.52 bits per heavy atom. The maximum absolute atomic E-state index is 12.1. The van der Waals surface area contributed by atoms with Crippen LogP contribution in [0.15, 0.2) is 72.8 Å². The first-order chi connectivity index (χ1) is 15.7. The van der Waals surface area contributed by atoms with E-state index in [2.05, 4.69) is 17.4 Å². The molecule has 4 N–H and O–H groups in total. The van der Waals surface area contributed by atoms with Crippen molar-refractivity contribution in [3.63, 3.8) is 0 Å². The standard InChI is InChI=1S/C27H32N2O4/c1-27(2,3)33-26(31)29-21-13-7-12-20(17-21)25(30)23-18-22(14-15-24(23)28)32-16-8-11-19-9-5-4-6-10-19/h4-7,9-10,12-15,17-18,25,30H,8,11,16,28H2,1-3H3,(H,29,31). The largest absolute Gasteiger partial charge is 0.494 e. The maximum Gasteiger partial charge on any atom is 0.412 e. The molecule has 0 bridgehead atoms. The monoisotopic (exact) mass is 448 g/mol. The summed E-state index contributed by atoms with van der Waals surface area (Å²) in [5, 5.41) is 13.7. The van der Waals surface area contributed by atoms with Crippen molar-refractivity contribution < 1.29 is 19.4 Å². The van der Waals surface area contributed by atoms with Gasteiger partial charge in [-0.2, -0.15) is 0 Å². The summed E-state index contributed by atoms with van der Waals surface area (Å²) < 4.78 is 11.2. The van der Waals surface area contributed by atoms with Crippen LogP contribution in [0.3, 0.4) is 0 Å². The van der Waals surface area contributed by atoms with Gasteiger partial charge in [-0.05, 0) is 75.1 Å². The van der Waals surface area contributed by atoms with Gasteiger partial charge in [0.05, 0.1) is 6.61 Å². The van der Waals surface area contributed by atoms with Crippen molar-refractivity contribution in [3.8, 4) is 5.75 Å². The predicted octanol–water partition coefficient (Wildman–Crippen LogP) is 5.71. The summed E-state index contributed by atoms with van der Waals surface area (Å²) in [6.07, 6.45) is 0.283. The number of amides is 1. The van der Waals surface area contributed by atoms with E-state index in [-0.39, 0.29) is 0 Å². The SMILES string of the molecule is CC(C)(C)OC(=O)Nc1cccc(C(O)c2cc(OCCCc3ccccc3)ccc2N)c1. The third kappa shape index (κ3) is 7.54. The number of ether oxygens (including phenoxy) is 2. The number of rotatable bonds is 8. The van der Waals surface area contributed by atoms with Gasteiger partial charge in [-0.25, -0.2) is 4.79 Å². The van der Waals surface area contributed by atoms with E-state index in [0.29, 0.717) is 34.9 Å². The van der Waals surface area contributed by atoms with Crippen molar-refractivity contribution >= 4 is 17.5 Å². The van der Waals surface area contributed by atoms with E-state index in [9.17, 15) is 9.90 Å². The molecule has 174 valence electrons. The van der Waals surface area contributed by atoms with Crippen molar-refractivity contribution in [2.24, 2.45) is 0 Å². The van der Waals surface area contributed by atoms with E-state index in [4.69, 9.17) is 15.2 Å². The highest BCUT2D eigenvalue weighted by atomic mass is 16.6. The molecule has 6 heteroatoms. The van der Waals surface area contributed by atoms with E-state index in [1.807, 2.05) is 18.2 Å². The predicted molar refractivity (Wildman–Crippen MR) is 131 cm³/mol. The molecule has 0 aliphatic carbocycles. The molecule has 3 aromatic carbocycles. The number of benzene rings is 3. The molecule has 1 amide bonds. The van der Waals surface area contributed by atoms with Crippen LogP contribution in [0.25, 0.3) is 0 Å². The van der Waals surface area contributed by atoms with E-state index < -0.39 is 17.8 Å². The second kappa shape index (κ2) is 10.9. The Balaban J connectivity index is 1.64. The fourth-order valence-corrected chi connectivity index (χ4v) is 3.38. The van der Waals surface area contributed by atoms with Crippen LogP contribution in [0.4, 0.5) is 16.2 Å². The average Bonchev–Trinajstić information content (AvgIpc) is 2.77. The Kier molecular flexibility index (Phi) is 7.96. The molecule has 0 heterocycles. The Labute approximate surface area is 195 Å². The second-order valence-electron chi connectivity index (χ2n) is 8.88. The third-order valence-corrected chi connectivity index (χ3v) is 4.92. The minimum Gasteiger partial charge on any atom is -0.494 e. The van der Waals surface area contributed by atoms with E-state index in [0.717, 1.165) is 12.8 Å². The summed E-state index contributed by atoms with van der Waals surface area (Å²) in [4.78, 5) is 12.1. The molecule has 1 unspecified atom stereocenters. The van der Waals surface area contributed by atoms with Crippen molar-refractivity contribution in [1.29, 1.82) is 0 Å². The lowest BCUT2D eigenvalue weighted by Crippen LogP contribution is -2.27. The number of nitrogens with two attached hydrogens (primary N) is 1. The second-order valence-corrected chi connectivity index (χ2v) is 8.88. The van der Waals surface area contributed by atoms with Gasteiger partial charge in [-0.15, -0.1) is 0 Å². The van der Waals surface area contributed by atoms with Gasteiger partial charge >= 0.3 is 6.09 Å². The average molecular weight is 449 g/mol. The maximum atomic E-state index is 12.1. The Morgan fingerprint density at radius 2 is 1.79 bits per heavy atom. The van der Waals surface area contributed by atoms with Gasteiger partial charge < -0.3 is 20.3 Å². The lowest BCUT2D eigenvalue weighted by molar-refractivity contribution is 0.0636. The van der Waals surface area contributed by atoms with E-state index >= 15 is 0 Å². The van der Waals surface area contributed by atoms with Crippen molar-refractivity contribution in [2.45, 2.75) is 45.3 Å². The zero-order valence-electron chi connectivity index (χ0n) is 19.4. The number of aliphatic hydroxyl groups is 1. The molecule has 0 radical (unpaired) electrons. The van der Waals surface area contributed by atoms with Crippen molar-refractivity contribution in [3.05, 3.63) is 89.5 Å². The smallest absolute Gasteiger partial charge is 0.412 e. The Bertz CT molecular complexity index is 1060. The first-order valence-corrected chi connectivity index (χ1v) is 11.1. The normalized spacial score (nSPS) is 12.1. The number of aryl methyl sites for hydroxylation is 1. The van der Waals surface area contributed by atoms with Crippen molar-refractivity contribution in [1.82, 2.24) is 0 Å². The van der Waals surface area contributed by atoms with Crippen LogP contribution in [-0.4, -0.2) is 23.4 Å². The minimum atomic E-state index is -0.974. The number of anilines is 2. The summed E-state index contributed by atoms with van der Waals surface area (Å²) in [7, 11) is 0. The summed E-state index contributed by atoms with van der Waals surface area (Å²) in [5.74, 6) is 0.648. The molecule has 0 aliphatic heterocycles. The number of nitrogen functional groups attached to an aromatic ring is 1. The molecule has 3 rings (SSSR count). The van der Waals surface area contributed by atoms with E-state index in [1.54, 1.807) is 63.2 Å². The number of aliphatic hydroxyl groups excluding tert-OH is 1. The number of carbonyl (C=O) groups excluding carboxylic acids is 1. The lowest BCUT2D eigenvalue weighted by atomic mass is 9.99. The van der Waals surface area contributed by atoms with E-state index in [1.165, 1.54) is 5.56 Å². The topological polar surface area (TPSA) is 93.8 Å². The van der Waals surface area contributed by atoms with Crippen LogP contribution in [0.1, 0.15) is 50.0 Å². The molecule has 33 heavy (non-hydrogen) atoms. The first-order valence-electron chi connectivity index (χ1n) is 11.1. The van der Waals surface area contributed by atoms with Crippen LogP contribution >= 0.6 is 0 Å². The van der Waals surface area contributed by atoms with Crippen molar-refractivity contribution in [2.75, 3.05) is 17.7 Å². The quantitative estimate of drug-likeness (QED) is 0.303. The van der Waals surface area contributed by atoms with Gasteiger partial charge in [-0.3, -0.25) is 5.32 Å². The van der Waals surface area contributed by atoms with Gasteiger partial charge in [-0.1, -0.05) is 42.5 Å². The Hall–Kier alpha value is -3.51. The third-order valence-electron chi connectivity index (χ3n) is 4.92. The molecule has 1 atom stereocenters. The minimum absolute atomic E-state index is 0.463. The highest BCUT2D eigenvalue weighted by molar-refractivity contribution is 5.85. The zero-order chi connectivity index (χ0) is 23.8. The lowest BCUT2D eigenvalue weighted by Gasteiger charge is -2.20. The molecular formula is C27H32N2O4. The van der Waals surface area contributed by atoms with Crippen LogP contribution in [-0.2, 0) is 11.2 Å². The summed E-state index contributed by atoms with van der Waals surface area (Å²) >= 11 is 0. The van der Waals surface area contributed by atoms with Crippen LogP contribution in [0.2, 0.25) is 0 Å². The van der Waals surface area contributed by atoms with Gasteiger partial charge in [0.2, 0.25) is 0 Å². The molecule has 0 aromatic heterocycles. The van der Waals surface area contributed by atoms with Gasteiger partial charge in [0.25, 0.3) is 0 Å². The number of nitrogens with one attached hydrogen (secondary N) is 1. The highest BCUT2D eigenvalue weighted by Crippen LogP contribution is 2.31. The fraction of sp³-hybridized carbons (Fsp3) is 0.296. The van der Waals surface area contributed by atoms with Gasteiger partial charge in [0, 0.05) is 16.9 Å². The van der Waals surface area contributed by atoms with Gasteiger partial charge in [0.1, 0.15) is 17.5 Å². The first kappa shape index (κ1) is 24.1. The summed E-state index contributed by atoms with van der Waals surface area (Å²) in [5.41, 5.74) is 8.94. The summed E-state index contributed by atoms with van der Waals surface area (Å²) in [6, 6.07) is 22.5. The molecule has 3 aromatic rings. The zero-order valence-corrected chi connectivity index (χ0v) is 19.4. The number of hydrogen-bond donors (Lipinski definition) is 3. The fourth-order valence-electron chi connectivity index (χ4n) is 3.38. The van der Waals surface area contributed by atoms with Crippen LogP contribution in [0, 0.1) is 0 Å². The molecule has 0 aliphatic rings. The van der Waals surface area contributed by atoms with Gasteiger partial charge in [0.15, 0.2) is 0 Å². The molecule has 0 saturated carbocycles. The molecule has 0 saturated heterocycles. The highest BCUT2D eigenvalue weighted by Gasteiger charge is 2.18. The Morgan fingerprint density at radius 1 is 1.03 bits per heavy atom. The number of hydrogen-bond acceptors (Lipinski definition) is 5.